The predicted molar refractivity (Wildman–Crippen MR) is 54.0 cm³/mol. The van der Waals surface area contributed by atoms with E-state index in [0.717, 1.165) is 25.2 Å². The van der Waals surface area contributed by atoms with E-state index in [1.54, 1.807) is 6.07 Å². The molecule has 1 aliphatic rings. The first kappa shape index (κ1) is 9.62. The standard InChI is InChI=1S/C11H14FN2/c12-11-4-2-1-3-10(11)9-14-7-5-13-6-8-14/h1-5,13H,6-9H2. The average Bonchev–Trinajstić information content (AvgIpc) is 2.23. The second-order valence-corrected chi connectivity index (χ2v) is 3.48. The molecule has 0 aliphatic carbocycles. The zero-order chi connectivity index (χ0) is 9.80. The van der Waals surface area contributed by atoms with Gasteiger partial charge < -0.3 is 5.32 Å². The molecule has 0 spiro atoms. The lowest BCUT2D eigenvalue weighted by molar-refractivity contribution is 0.252. The first-order valence-electron chi connectivity index (χ1n) is 4.87. The highest BCUT2D eigenvalue weighted by Gasteiger charge is 2.11. The molecule has 1 aromatic rings. The summed E-state index contributed by atoms with van der Waals surface area (Å²) in [5, 5.41) is 3.15. The first-order chi connectivity index (χ1) is 6.86. The number of halogens is 1. The zero-order valence-corrected chi connectivity index (χ0v) is 8.04. The van der Waals surface area contributed by atoms with Crippen LogP contribution in [0.3, 0.4) is 0 Å². The van der Waals surface area contributed by atoms with Gasteiger partial charge in [0.2, 0.25) is 0 Å². The number of nitrogens with zero attached hydrogens (tertiary/aromatic N) is 1. The van der Waals surface area contributed by atoms with Crippen molar-refractivity contribution in [3.8, 4) is 0 Å². The number of hydrogen-bond acceptors (Lipinski definition) is 2. The van der Waals surface area contributed by atoms with E-state index < -0.39 is 0 Å². The van der Waals surface area contributed by atoms with Gasteiger partial charge in [-0.2, -0.15) is 0 Å². The van der Waals surface area contributed by atoms with Crippen molar-refractivity contribution >= 4 is 0 Å². The van der Waals surface area contributed by atoms with Crippen LogP contribution in [-0.2, 0) is 6.54 Å². The van der Waals surface area contributed by atoms with Crippen molar-refractivity contribution < 1.29 is 4.39 Å². The second kappa shape index (κ2) is 4.53. The average molecular weight is 193 g/mol. The monoisotopic (exact) mass is 193 g/mol. The Hall–Kier alpha value is -0.930. The molecule has 3 heteroatoms. The molecule has 0 unspecified atom stereocenters. The lowest BCUT2D eigenvalue weighted by Crippen LogP contribution is -2.39. The molecule has 0 aromatic heterocycles. The van der Waals surface area contributed by atoms with Crippen molar-refractivity contribution in [3.05, 3.63) is 42.2 Å². The van der Waals surface area contributed by atoms with Gasteiger partial charge in [-0.1, -0.05) is 18.2 Å². The van der Waals surface area contributed by atoms with E-state index in [0.29, 0.717) is 6.54 Å². The summed E-state index contributed by atoms with van der Waals surface area (Å²) in [6.07, 6.45) is 0. The Kier molecular flexibility index (Phi) is 3.11. The summed E-state index contributed by atoms with van der Waals surface area (Å²) in [5.41, 5.74) is 0.780. The zero-order valence-electron chi connectivity index (χ0n) is 8.04. The fourth-order valence-electron chi connectivity index (χ4n) is 1.62. The highest BCUT2D eigenvalue weighted by molar-refractivity contribution is 5.17. The lowest BCUT2D eigenvalue weighted by atomic mass is 10.2. The van der Waals surface area contributed by atoms with Gasteiger partial charge in [0.15, 0.2) is 0 Å². The van der Waals surface area contributed by atoms with Crippen molar-refractivity contribution in [3.63, 3.8) is 0 Å². The van der Waals surface area contributed by atoms with Gasteiger partial charge in [-0.25, -0.2) is 4.39 Å². The van der Waals surface area contributed by atoms with Gasteiger partial charge in [-0.15, -0.1) is 0 Å². The van der Waals surface area contributed by atoms with Gasteiger partial charge >= 0.3 is 0 Å². The summed E-state index contributed by atoms with van der Waals surface area (Å²) in [5.74, 6) is -0.106. The molecule has 0 saturated carbocycles. The van der Waals surface area contributed by atoms with Crippen LogP contribution in [0.1, 0.15) is 5.56 Å². The van der Waals surface area contributed by atoms with E-state index in [-0.39, 0.29) is 5.82 Å². The molecule has 1 aliphatic heterocycles. The van der Waals surface area contributed by atoms with Crippen LogP contribution < -0.4 is 5.32 Å². The largest absolute Gasteiger partial charge is 0.310 e. The van der Waals surface area contributed by atoms with Crippen molar-refractivity contribution in [2.45, 2.75) is 6.54 Å². The van der Waals surface area contributed by atoms with E-state index in [4.69, 9.17) is 0 Å². The minimum absolute atomic E-state index is 0.106. The Morgan fingerprint density at radius 3 is 2.93 bits per heavy atom. The third-order valence-corrected chi connectivity index (χ3v) is 2.42. The summed E-state index contributed by atoms with van der Waals surface area (Å²) in [6.45, 7) is 5.53. The Morgan fingerprint density at radius 2 is 2.21 bits per heavy atom. The Morgan fingerprint density at radius 1 is 1.36 bits per heavy atom. The number of hydrogen-bond donors (Lipinski definition) is 1. The van der Waals surface area contributed by atoms with Crippen molar-refractivity contribution in [1.29, 1.82) is 0 Å². The molecule has 0 bridgehead atoms. The molecule has 0 amide bonds. The maximum atomic E-state index is 13.3. The fraction of sp³-hybridized carbons (Fsp3) is 0.364. The summed E-state index contributed by atoms with van der Waals surface area (Å²) in [7, 11) is 0. The SMILES string of the molecule is Fc1ccccc1CN1C[CH]NCC1. The van der Waals surface area contributed by atoms with Crippen LogP contribution in [0.15, 0.2) is 24.3 Å². The molecule has 75 valence electrons. The Balaban J connectivity index is 1.99. The van der Waals surface area contributed by atoms with E-state index in [1.165, 1.54) is 6.07 Å². The molecule has 1 aromatic carbocycles. The first-order valence-corrected chi connectivity index (χ1v) is 4.87. The Labute approximate surface area is 83.7 Å². The van der Waals surface area contributed by atoms with Crippen LogP contribution in [-0.4, -0.2) is 24.5 Å². The molecule has 1 heterocycles. The third kappa shape index (κ3) is 2.30. The minimum atomic E-state index is -0.106. The number of rotatable bonds is 2. The quantitative estimate of drug-likeness (QED) is 0.763. The highest BCUT2D eigenvalue weighted by atomic mass is 19.1. The summed E-state index contributed by atoms with van der Waals surface area (Å²) >= 11 is 0. The molecular weight excluding hydrogens is 179 g/mol. The third-order valence-electron chi connectivity index (χ3n) is 2.42. The molecule has 2 rings (SSSR count). The Bertz CT molecular complexity index is 295. The van der Waals surface area contributed by atoms with Crippen LogP contribution in [0.4, 0.5) is 4.39 Å². The van der Waals surface area contributed by atoms with Gasteiger partial charge in [-0.3, -0.25) is 4.90 Å². The van der Waals surface area contributed by atoms with E-state index in [9.17, 15) is 4.39 Å². The van der Waals surface area contributed by atoms with Gasteiger partial charge in [-0.05, 0) is 6.07 Å². The summed E-state index contributed by atoms with van der Waals surface area (Å²) in [6, 6.07) is 6.96. The number of benzene rings is 1. The van der Waals surface area contributed by atoms with Crippen LogP contribution in [0, 0.1) is 12.4 Å². The van der Waals surface area contributed by atoms with Crippen LogP contribution in [0.25, 0.3) is 0 Å². The molecule has 1 N–H and O–H groups in total. The molecule has 1 saturated heterocycles. The summed E-state index contributed by atoms with van der Waals surface area (Å²) < 4.78 is 13.3. The molecular formula is C11H14FN2. The van der Waals surface area contributed by atoms with Gasteiger partial charge in [0.1, 0.15) is 5.82 Å². The molecule has 14 heavy (non-hydrogen) atoms. The maximum absolute atomic E-state index is 13.3. The lowest BCUT2D eigenvalue weighted by Gasteiger charge is -2.26. The maximum Gasteiger partial charge on any atom is 0.127 e. The van der Waals surface area contributed by atoms with Crippen LogP contribution in [0.2, 0.25) is 0 Å². The van der Waals surface area contributed by atoms with Gasteiger partial charge in [0.25, 0.3) is 0 Å². The number of nitrogens with one attached hydrogen (secondary N) is 1. The van der Waals surface area contributed by atoms with Crippen molar-refractivity contribution in [1.82, 2.24) is 10.2 Å². The number of piperazine rings is 1. The normalized spacial score (nSPS) is 18.4. The fourth-order valence-corrected chi connectivity index (χ4v) is 1.62. The smallest absolute Gasteiger partial charge is 0.127 e. The molecule has 2 nitrogen and oxygen atoms in total. The van der Waals surface area contributed by atoms with E-state index >= 15 is 0 Å². The van der Waals surface area contributed by atoms with E-state index in [2.05, 4.69) is 10.2 Å². The van der Waals surface area contributed by atoms with Gasteiger partial charge in [0.05, 0.1) is 0 Å². The molecule has 1 fully saturated rings. The topological polar surface area (TPSA) is 15.3 Å². The van der Waals surface area contributed by atoms with E-state index in [1.807, 2.05) is 18.7 Å². The molecule has 1 radical (unpaired) electrons. The molecule has 0 atom stereocenters. The van der Waals surface area contributed by atoms with Crippen molar-refractivity contribution in [2.75, 3.05) is 19.6 Å². The highest BCUT2D eigenvalue weighted by Crippen LogP contribution is 2.10. The van der Waals surface area contributed by atoms with Crippen LogP contribution in [0.5, 0.6) is 0 Å². The predicted octanol–water partition coefficient (Wildman–Crippen LogP) is 1.39. The van der Waals surface area contributed by atoms with Crippen LogP contribution >= 0.6 is 0 Å². The minimum Gasteiger partial charge on any atom is -0.310 e. The van der Waals surface area contributed by atoms with Crippen molar-refractivity contribution in [2.24, 2.45) is 0 Å². The van der Waals surface area contributed by atoms with Gasteiger partial charge in [0, 0.05) is 38.3 Å². The second-order valence-electron chi connectivity index (χ2n) is 3.48. The summed E-state index contributed by atoms with van der Waals surface area (Å²) in [4.78, 5) is 2.22.